The second-order valence-corrected chi connectivity index (χ2v) is 4.96. The van der Waals surface area contributed by atoms with Crippen molar-refractivity contribution in [1.82, 2.24) is 15.0 Å². The van der Waals surface area contributed by atoms with E-state index < -0.39 is 0 Å². The molecule has 7 heteroatoms. The van der Waals surface area contributed by atoms with Crippen LogP contribution in [0.15, 0.2) is 28.7 Å². The number of nitrogens with zero attached hydrogens (tertiary/aromatic N) is 3. The molecule has 94 valence electrons. The van der Waals surface area contributed by atoms with Crippen LogP contribution in [0.25, 0.3) is 0 Å². The number of rotatable bonds is 3. The minimum absolute atomic E-state index is 0.0379. The number of aromatic nitrogens is 3. The smallest absolute Gasteiger partial charge is 0.229 e. The Hall–Kier alpha value is -1.40. The van der Waals surface area contributed by atoms with E-state index in [4.69, 9.17) is 17.3 Å². The van der Waals surface area contributed by atoms with Gasteiger partial charge in [-0.25, -0.2) is 0 Å². The van der Waals surface area contributed by atoms with E-state index in [0.717, 1.165) is 10.0 Å². The van der Waals surface area contributed by atoms with Crippen molar-refractivity contribution in [2.75, 3.05) is 11.1 Å². The van der Waals surface area contributed by atoms with Gasteiger partial charge < -0.3 is 11.1 Å². The largest absolute Gasteiger partial charge is 0.368 e. The molecule has 0 amide bonds. The third-order valence-corrected chi connectivity index (χ3v) is 3.04. The van der Waals surface area contributed by atoms with E-state index in [-0.39, 0.29) is 17.3 Å². The summed E-state index contributed by atoms with van der Waals surface area (Å²) >= 11 is 9.11. The molecule has 0 bridgehead atoms. The van der Waals surface area contributed by atoms with E-state index in [9.17, 15) is 0 Å². The summed E-state index contributed by atoms with van der Waals surface area (Å²) in [4.78, 5) is 11.6. The molecule has 0 aliphatic heterocycles. The SMILES string of the molecule is CC(Nc1nc(N)nc(Cl)n1)c1ccc(Br)cc1. The van der Waals surface area contributed by atoms with Crippen LogP contribution in [0.2, 0.25) is 5.28 Å². The van der Waals surface area contributed by atoms with Crippen LogP contribution in [-0.4, -0.2) is 15.0 Å². The van der Waals surface area contributed by atoms with Crippen molar-refractivity contribution in [1.29, 1.82) is 0 Å². The van der Waals surface area contributed by atoms with Gasteiger partial charge in [0, 0.05) is 4.47 Å². The van der Waals surface area contributed by atoms with Crippen LogP contribution >= 0.6 is 27.5 Å². The van der Waals surface area contributed by atoms with E-state index in [1.807, 2.05) is 31.2 Å². The van der Waals surface area contributed by atoms with Gasteiger partial charge in [0.15, 0.2) is 0 Å². The fraction of sp³-hybridized carbons (Fsp3) is 0.182. The maximum atomic E-state index is 5.71. The number of anilines is 2. The molecule has 0 saturated heterocycles. The molecule has 0 saturated carbocycles. The first kappa shape index (κ1) is 13.0. The highest BCUT2D eigenvalue weighted by Crippen LogP contribution is 2.20. The quantitative estimate of drug-likeness (QED) is 0.905. The zero-order valence-electron chi connectivity index (χ0n) is 9.56. The van der Waals surface area contributed by atoms with E-state index in [1.165, 1.54) is 0 Å². The minimum atomic E-state index is 0.0379. The molecule has 0 aliphatic rings. The lowest BCUT2D eigenvalue weighted by Crippen LogP contribution is -2.11. The minimum Gasteiger partial charge on any atom is -0.368 e. The van der Waals surface area contributed by atoms with Crippen LogP contribution in [0.5, 0.6) is 0 Å². The van der Waals surface area contributed by atoms with Crippen molar-refractivity contribution >= 4 is 39.4 Å². The molecule has 1 unspecified atom stereocenters. The molecule has 1 aromatic heterocycles. The van der Waals surface area contributed by atoms with Crippen molar-refractivity contribution < 1.29 is 0 Å². The molecule has 1 atom stereocenters. The van der Waals surface area contributed by atoms with Gasteiger partial charge in [-0.15, -0.1) is 0 Å². The molecule has 2 rings (SSSR count). The number of benzene rings is 1. The van der Waals surface area contributed by atoms with Gasteiger partial charge in [-0.3, -0.25) is 0 Å². The fourth-order valence-electron chi connectivity index (χ4n) is 1.46. The number of hydrogen-bond donors (Lipinski definition) is 2. The van der Waals surface area contributed by atoms with Crippen molar-refractivity contribution in [3.05, 3.63) is 39.6 Å². The van der Waals surface area contributed by atoms with Crippen LogP contribution in [0.3, 0.4) is 0 Å². The molecule has 5 nitrogen and oxygen atoms in total. The summed E-state index contributed by atoms with van der Waals surface area (Å²) in [5.41, 5.74) is 6.61. The average molecular weight is 329 g/mol. The molecule has 1 aromatic carbocycles. The molecule has 0 aliphatic carbocycles. The van der Waals surface area contributed by atoms with E-state index in [1.54, 1.807) is 0 Å². The Kier molecular flexibility index (Phi) is 3.98. The van der Waals surface area contributed by atoms with Gasteiger partial charge in [0.1, 0.15) is 0 Å². The number of hydrogen-bond acceptors (Lipinski definition) is 5. The van der Waals surface area contributed by atoms with Crippen LogP contribution in [0.1, 0.15) is 18.5 Å². The standard InChI is InChI=1S/C11H11BrClN5/c1-6(7-2-4-8(12)5-3-7)15-11-17-9(13)16-10(14)18-11/h2-6H,1H3,(H3,14,15,16,17,18). The van der Waals surface area contributed by atoms with Gasteiger partial charge in [0.25, 0.3) is 0 Å². The highest BCUT2D eigenvalue weighted by Gasteiger charge is 2.08. The summed E-state index contributed by atoms with van der Waals surface area (Å²) in [5.74, 6) is 0.462. The summed E-state index contributed by atoms with van der Waals surface area (Å²) in [6, 6.07) is 8.00. The van der Waals surface area contributed by atoms with Crippen molar-refractivity contribution in [3.63, 3.8) is 0 Å². The Morgan fingerprint density at radius 1 is 1.22 bits per heavy atom. The Bertz CT molecular complexity index is 525. The first-order valence-corrected chi connectivity index (χ1v) is 6.41. The second kappa shape index (κ2) is 5.49. The molecule has 1 heterocycles. The zero-order valence-corrected chi connectivity index (χ0v) is 11.9. The molecule has 0 fully saturated rings. The van der Waals surface area contributed by atoms with Crippen molar-refractivity contribution in [3.8, 4) is 0 Å². The monoisotopic (exact) mass is 327 g/mol. The van der Waals surface area contributed by atoms with Crippen molar-refractivity contribution in [2.24, 2.45) is 0 Å². The lowest BCUT2D eigenvalue weighted by atomic mass is 10.1. The Balaban J connectivity index is 2.15. The van der Waals surface area contributed by atoms with Crippen LogP contribution in [0.4, 0.5) is 11.9 Å². The van der Waals surface area contributed by atoms with Gasteiger partial charge in [-0.05, 0) is 36.2 Å². The lowest BCUT2D eigenvalue weighted by Gasteiger charge is -2.14. The zero-order chi connectivity index (χ0) is 13.1. The van der Waals surface area contributed by atoms with Crippen LogP contribution in [0, 0.1) is 0 Å². The van der Waals surface area contributed by atoms with Crippen LogP contribution in [-0.2, 0) is 0 Å². The third-order valence-electron chi connectivity index (χ3n) is 2.34. The highest BCUT2D eigenvalue weighted by atomic mass is 79.9. The summed E-state index contributed by atoms with van der Waals surface area (Å²) in [7, 11) is 0. The number of nitrogens with one attached hydrogen (secondary N) is 1. The van der Waals surface area contributed by atoms with Gasteiger partial charge in [0.05, 0.1) is 6.04 Å². The first-order chi connectivity index (χ1) is 8.54. The lowest BCUT2D eigenvalue weighted by molar-refractivity contribution is 0.855. The maximum Gasteiger partial charge on any atom is 0.229 e. The topological polar surface area (TPSA) is 76.7 Å². The first-order valence-electron chi connectivity index (χ1n) is 5.23. The molecule has 0 radical (unpaired) electrons. The van der Waals surface area contributed by atoms with Gasteiger partial charge in [-0.2, -0.15) is 15.0 Å². The highest BCUT2D eigenvalue weighted by molar-refractivity contribution is 9.10. The molecule has 2 aromatic rings. The predicted molar refractivity (Wildman–Crippen MR) is 75.4 cm³/mol. The molecule has 18 heavy (non-hydrogen) atoms. The number of halogens is 2. The summed E-state index contributed by atoms with van der Waals surface area (Å²) < 4.78 is 1.03. The Morgan fingerprint density at radius 3 is 2.50 bits per heavy atom. The average Bonchev–Trinajstić information content (AvgIpc) is 2.28. The second-order valence-electron chi connectivity index (χ2n) is 3.70. The normalized spacial score (nSPS) is 12.2. The Morgan fingerprint density at radius 2 is 1.89 bits per heavy atom. The molecular weight excluding hydrogens is 318 g/mol. The summed E-state index contributed by atoms with van der Waals surface area (Å²) in [6.45, 7) is 2.00. The summed E-state index contributed by atoms with van der Waals surface area (Å²) in [5, 5.41) is 3.19. The van der Waals surface area contributed by atoms with E-state index in [2.05, 4.69) is 36.2 Å². The number of nitrogen functional groups attached to an aromatic ring is 1. The van der Waals surface area contributed by atoms with Crippen LogP contribution < -0.4 is 11.1 Å². The molecular formula is C11H11BrClN5. The van der Waals surface area contributed by atoms with Crippen molar-refractivity contribution in [2.45, 2.75) is 13.0 Å². The number of nitrogens with two attached hydrogens (primary N) is 1. The van der Waals surface area contributed by atoms with Gasteiger partial charge >= 0.3 is 0 Å². The Labute approximate surface area is 118 Å². The van der Waals surface area contributed by atoms with Gasteiger partial charge in [0.2, 0.25) is 17.2 Å². The summed E-state index contributed by atoms with van der Waals surface area (Å²) in [6.07, 6.45) is 0. The van der Waals surface area contributed by atoms with Gasteiger partial charge in [-0.1, -0.05) is 28.1 Å². The third kappa shape index (κ3) is 3.30. The predicted octanol–water partition coefficient (Wildman–Crippen LogP) is 3.04. The molecule has 0 spiro atoms. The maximum absolute atomic E-state index is 5.71. The molecule has 3 N–H and O–H groups in total. The van der Waals surface area contributed by atoms with E-state index in [0.29, 0.717) is 5.95 Å². The van der Waals surface area contributed by atoms with E-state index >= 15 is 0 Å². The fourth-order valence-corrected chi connectivity index (χ4v) is 1.89.